The predicted octanol–water partition coefficient (Wildman–Crippen LogP) is 3.89. The van der Waals surface area contributed by atoms with E-state index in [0.29, 0.717) is 12.1 Å². The van der Waals surface area contributed by atoms with Gasteiger partial charge >= 0.3 is 0 Å². The molecule has 31 heavy (non-hydrogen) atoms. The highest BCUT2D eigenvalue weighted by Gasteiger charge is 2.29. The Morgan fingerprint density at radius 1 is 1.06 bits per heavy atom. The van der Waals surface area contributed by atoms with E-state index in [1.165, 1.54) is 0 Å². The summed E-state index contributed by atoms with van der Waals surface area (Å²) in [5.41, 5.74) is 11.1. The fraction of sp³-hybridized carbons (Fsp3) is 0.0800. The van der Waals surface area contributed by atoms with Crippen LogP contribution in [0.3, 0.4) is 0 Å². The number of fused-ring (bicyclic) bond motifs is 3. The number of amides is 2. The van der Waals surface area contributed by atoms with Crippen molar-refractivity contribution >= 4 is 22.6 Å². The summed E-state index contributed by atoms with van der Waals surface area (Å²) in [4.78, 5) is 25.9. The van der Waals surface area contributed by atoms with Gasteiger partial charge in [0.25, 0.3) is 5.91 Å². The Bertz CT molecular complexity index is 1350. The van der Waals surface area contributed by atoms with E-state index in [1.54, 1.807) is 4.90 Å². The largest absolute Gasteiger partial charge is 0.366 e. The van der Waals surface area contributed by atoms with Crippen LogP contribution in [0.2, 0.25) is 0 Å². The second-order valence-electron chi connectivity index (χ2n) is 7.68. The summed E-state index contributed by atoms with van der Waals surface area (Å²) in [5, 5.41) is 9.42. The number of nitrogens with one attached hydrogen (secondary N) is 1. The maximum absolute atomic E-state index is 12.9. The number of carbonyl (C=O) groups is 2. The van der Waals surface area contributed by atoms with Gasteiger partial charge in [-0.15, -0.1) is 0 Å². The van der Waals surface area contributed by atoms with Gasteiger partial charge in [0, 0.05) is 28.8 Å². The molecule has 5 rings (SSSR count). The van der Waals surface area contributed by atoms with Crippen molar-refractivity contribution in [3.63, 3.8) is 0 Å². The van der Waals surface area contributed by atoms with Crippen LogP contribution in [0.15, 0.2) is 79.0 Å². The number of hydrogen-bond acceptors (Lipinski definition) is 3. The molecule has 0 spiro atoms. The highest BCUT2D eigenvalue weighted by Crippen LogP contribution is 2.36. The highest BCUT2D eigenvalue weighted by atomic mass is 16.2. The molecule has 0 saturated heterocycles. The Kier molecular flexibility index (Phi) is 4.40. The maximum atomic E-state index is 12.9. The van der Waals surface area contributed by atoms with Gasteiger partial charge in [-0.1, -0.05) is 55.1 Å². The van der Waals surface area contributed by atoms with E-state index in [0.717, 1.165) is 38.7 Å². The van der Waals surface area contributed by atoms with Crippen LogP contribution in [-0.2, 0) is 11.3 Å². The number of nitrogens with two attached hydrogens (primary N) is 1. The molecule has 1 aliphatic heterocycles. The Morgan fingerprint density at radius 3 is 2.61 bits per heavy atom. The van der Waals surface area contributed by atoms with Gasteiger partial charge in [0.15, 0.2) is 0 Å². The average Bonchev–Trinajstić information content (AvgIpc) is 3.39. The molecule has 1 aliphatic rings. The van der Waals surface area contributed by atoms with Crippen LogP contribution in [0.4, 0.5) is 0 Å². The van der Waals surface area contributed by atoms with Crippen LogP contribution in [0.1, 0.15) is 15.9 Å². The molecular weight excluding hydrogens is 388 g/mol. The van der Waals surface area contributed by atoms with Gasteiger partial charge in [-0.2, -0.15) is 5.10 Å². The van der Waals surface area contributed by atoms with Gasteiger partial charge in [0.05, 0.1) is 18.4 Å². The van der Waals surface area contributed by atoms with Gasteiger partial charge in [-0.25, -0.2) is 0 Å². The number of aromatic nitrogens is 2. The first-order chi connectivity index (χ1) is 15.0. The van der Waals surface area contributed by atoms with Gasteiger partial charge in [0.2, 0.25) is 5.91 Å². The smallest absolute Gasteiger partial charge is 0.254 e. The molecule has 6 heteroatoms. The third-order valence-corrected chi connectivity index (χ3v) is 5.74. The van der Waals surface area contributed by atoms with Gasteiger partial charge in [0.1, 0.15) is 0 Å². The predicted molar refractivity (Wildman–Crippen MR) is 120 cm³/mol. The topological polar surface area (TPSA) is 92.1 Å². The van der Waals surface area contributed by atoms with Gasteiger partial charge in [-0.05, 0) is 34.0 Å². The minimum atomic E-state index is -0.593. The van der Waals surface area contributed by atoms with Crippen molar-refractivity contribution in [3.05, 3.63) is 90.1 Å². The molecule has 0 aliphatic carbocycles. The molecule has 6 nitrogen and oxygen atoms in total. The summed E-state index contributed by atoms with van der Waals surface area (Å²) < 4.78 is 0. The number of hydrogen-bond donors (Lipinski definition) is 2. The minimum Gasteiger partial charge on any atom is -0.366 e. The fourth-order valence-corrected chi connectivity index (χ4v) is 4.12. The zero-order valence-electron chi connectivity index (χ0n) is 16.8. The molecule has 4 aromatic rings. The van der Waals surface area contributed by atoms with Crippen molar-refractivity contribution in [2.75, 3.05) is 6.54 Å². The summed E-state index contributed by atoms with van der Waals surface area (Å²) in [6, 6.07) is 20.1. The monoisotopic (exact) mass is 408 g/mol. The Morgan fingerprint density at radius 2 is 1.84 bits per heavy atom. The quantitative estimate of drug-likeness (QED) is 0.491. The van der Waals surface area contributed by atoms with E-state index >= 15 is 0 Å². The van der Waals surface area contributed by atoms with Crippen LogP contribution in [0, 0.1) is 0 Å². The molecule has 0 saturated carbocycles. The van der Waals surface area contributed by atoms with Crippen molar-refractivity contribution in [1.29, 1.82) is 0 Å². The van der Waals surface area contributed by atoms with E-state index in [4.69, 9.17) is 5.73 Å². The molecule has 0 bridgehead atoms. The molecule has 3 aromatic carbocycles. The lowest BCUT2D eigenvalue weighted by molar-refractivity contribution is -0.114. The molecule has 2 amide bonds. The Labute approximate surface area is 179 Å². The Balaban J connectivity index is 1.58. The summed E-state index contributed by atoms with van der Waals surface area (Å²) in [6.07, 6.45) is 1.82. The van der Waals surface area contributed by atoms with E-state index in [9.17, 15) is 9.59 Å². The first-order valence-electron chi connectivity index (χ1n) is 9.94. The van der Waals surface area contributed by atoms with Gasteiger partial charge < -0.3 is 10.6 Å². The molecule has 0 unspecified atom stereocenters. The third-order valence-electron chi connectivity index (χ3n) is 5.74. The molecule has 0 fully saturated rings. The lowest BCUT2D eigenvalue weighted by Gasteiger charge is -2.15. The number of primary amides is 1. The second kappa shape index (κ2) is 7.25. The molecule has 2 heterocycles. The first-order valence-corrected chi connectivity index (χ1v) is 9.94. The molecule has 1 aromatic heterocycles. The SMILES string of the molecule is C=C(CN1Cc2c(ccc3ccc(-c4cn[nH]c4-c4ccccc4)cc23)C1=O)C(N)=O. The fourth-order valence-electron chi connectivity index (χ4n) is 4.12. The van der Waals surface area contributed by atoms with Crippen LogP contribution in [0.5, 0.6) is 0 Å². The normalized spacial score (nSPS) is 12.9. The van der Waals surface area contributed by atoms with Crippen LogP contribution >= 0.6 is 0 Å². The summed E-state index contributed by atoms with van der Waals surface area (Å²) >= 11 is 0. The zero-order chi connectivity index (χ0) is 21.5. The van der Waals surface area contributed by atoms with E-state index in [2.05, 4.69) is 35.0 Å². The van der Waals surface area contributed by atoms with Crippen molar-refractivity contribution in [2.45, 2.75) is 6.54 Å². The summed E-state index contributed by atoms with van der Waals surface area (Å²) in [7, 11) is 0. The molecule has 0 radical (unpaired) electrons. The van der Waals surface area contributed by atoms with Crippen LogP contribution in [-0.4, -0.2) is 33.5 Å². The molecular formula is C25H20N4O2. The summed E-state index contributed by atoms with van der Waals surface area (Å²) in [6.45, 7) is 4.23. The van der Waals surface area contributed by atoms with Crippen molar-refractivity contribution < 1.29 is 9.59 Å². The average molecular weight is 408 g/mol. The molecule has 3 N–H and O–H groups in total. The number of H-pyrrole nitrogens is 1. The number of aromatic amines is 1. The van der Waals surface area contributed by atoms with E-state index < -0.39 is 5.91 Å². The lowest BCUT2D eigenvalue weighted by Crippen LogP contribution is -2.30. The minimum absolute atomic E-state index is 0.113. The second-order valence-corrected chi connectivity index (χ2v) is 7.68. The third kappa shape index (κ3) is 3.18. The maximum Gasteiger partial charge on any atom is 0.254 e. The van der Waals surface area contributed by atoms with Crippen molar-refractivity contribution in [2.24, 2.45) is 5.73 Å². The van der Waals surface area contributed by atoms with Crippen LogP contribution in [0.25, 0.3) is 33.2 Å². The number of benzene rings is 3. The molecule has 152 valence electrons. The van der Waals surface area contributed by atoms with Crippen molar-refractivity contribution in [3.8, 4) is 22.4 Å². The first kappa shape index (κ1) is 18.8. The zero-order valence-corrected chi connectivity index (χ0v) is 16.8. The van der Waals surface area contributed by atoms with E-state index in [1.807, 2.05) is 48.7 Å². The molecule has 0 atom stereocenters. The van der Waals surface area contributed by atoms with Gasteiger partial charge in [-0.3, -0.25) is 14.7 Å². The summed E-state index contributed by atoms with van der Waals surface area (Å²) in [5.74, 6) is -0.706. The highest BCUT2D eigenvalue weighted by molar-refractivity contribution is 6.06. The van der Waals surface area contributed by atoms with Crippen LogP contribution < -0.4 is 5.73 Å². The standard InChI is InChI=1S/C25H20N4O2/c1-15(24(26)30)13-29-14-22-19(25(29)31)10-9-16-7-8-18(11-20(16)22)21-12-27-28-23(21)17-5-3-2-4-6-17/h2-12H,1,13-14H2,(H2,26,30)(H,27,28). The number of nitrogens with zero attached hydrogens (tertiary/aromatic N) is 2. The number of carbonyl (C=O) groups excluding carboxylic acids is 2. The van der Waals surface area contributed by atoms with Crippen molar-refractivity contribution in [1.82, 2.24) is 15.1 Å². The number of rotatable bonds is 5. The lowest BCUT2D eigenvalue weighted by atomic mass is 9.95. The van der Waals surface area contributed by atoms with E-state index in [-0.39, 0.29) is 18.0 Å². The Hall–Kier alpha value is -4.19.